The summed E-state index contributed by atoms with van der Waals surface area (Å²) in [5.74, 6) is -0.354. The van der Waals surface area contributed by atoms with Crippen LogP contribution in [0.4, 0.5) is 4.48 Å². The zero-order valence-electron chi connectivity index (χ0n) is 27.6. The lowest BCUT2D eigenvalue weighted by molar-refractivity contribution is -0.162. The lowest BCUT2D eigenvalue weighted by atomic mass is 9.91. The third kappa shape index (κ3) is 11.8. The Morgan fingerprint density at radius 3 is 2.30 bits per heavy atom. The smallest absolute Gasteiger partial charge is 0.242 e. The molecule has 0 radical (unpaired) electrons. The van der Waals surface area contributed by atoms with E-state index in [1.165, 1.54) is 21.8 Å². The largest absolute Gasteiger partial charge is 0.379 e. The summed E-state index contributed by atoms with van der Waals surface area (Å²) in [4.78, 5) is 66.5. The maximum absolute atomic E-state index is 15.6. The summed E-state index contributed by atoms with van der Waals surface area (Å²) in [6, 6.07) is -0.408. The summed E-state index contributed by atoms with van der Waals surface area (Å²) in [5.41, 5.74) is 0. The summed E-state index contributed by atoms with van der Waals surface area (Å²) < 4.78 is 21.1. The highest BCUT2D eigenvalue weighted by Gasteiger charge is 2.38. The molecule has 1 rings (SSSR count). The molecular formula is C31H55FN4O6S. The predicted octanol–water partition coefficient (Wildman–Crippen LogP) is 4.31. The Morgan fingerprint density at radius 1 is 1.07 bits per heavy atom. The van der Waals surface area contributed by atoms with E-state index in [9.17, 15) is 24.0 Å². The SMILES string of the molecule is CCCCSC1CC(=O)N(CCCCCC(=O)N(C)C(C(C)C)N(F)CC(=O)N(C)C(C(C)CC)C(CC=O)OC)C1=O. The first-order valence-electron chi connectivity index (χ1n) is 15.7. The molecule has 0 bridgehead atoms. The van der Waals surface area contributed by atoms with Crippen molar-refractivity contribution < 1.29 is 33.2 Å². The van der Waals surface area contributed by atoms with Gasteiger partial charge in [-0.05, 0) is 36.9 Å². The third-order valence-corrected chi connectivity index (χ3v) is 9.63. The predicted molar refractivity (Wildman–Crippen MR) is 168 cm³/mol. The lowest BCUT2D eigenvalue weighted by Gasteiger charge is -2.39. The van der Waals surface area contributed by atoms with E-state index >= 15 is 4.48 Å². The molecule has 0 aromatic carbocycles. The number of thioether (sulfide) groups is 1. The third-order valence-electron chi connectivity index (χ3n) is 8.33. The summed E-state index contributed by atoms with van der Waals surface area (Å²) in [6.07, 6.45) is 4.49. The van der Waals surface area contributed by atoms with Crippen molar-refractivity contribution in [3.05, 3.63) is 0 Å². The van der Waals surface area contributed by atoms with Gasteiger partial charge in [0.2, 0.25) is 23.6 Å². The Bertz CT molecular complexity index is 910. The van der Waals surface area contributed by atoms with Crippen molar-refractivity contribution >= 4 is 41.7 Å². The molecular weight excluding hydrogens is 575 g/mol. The van der Waals surface area contributed by atoms with Crippen LogP contribution in [0.3, 0.4) is 0 Å². The number of halogens is 1. The Labute approximate surface area is 262 Å². The van der Waals surface area contributed by atoms with E-state index in [0.29, 0.717) is 30.9 Å². The molecule has 1 aliphatic heterocycles. The first kappa shape index (κ1) is 39.0. The minimum atomic E-state index is -0.943. The molecule has 10 nitrogen and oxygen atoms in total. The average Bonchev–Trinajstić information content (AvgIpc) is 3.23. The van der Waals surface area contributed by atoms with Gasteiger partial charge < -0.3 is 19.3 Å². The van der Waals surface area contributed by atoms with E-state index in [0.717, 1.165) is 31.3 Å². The number of unbranched alkanes of at least 4 members (excludes halogenated alkanes) is 3. The fourth-order valence-electron chi connectivity index (χ4n) is 5.60. The summed E-state index contributed by atoms with van der Waals surface area (Å²) in [6.45, 7) is 9.43. The van der Waals surface area contributed by atoms with Crippen molar-refractivity contribution in [2.45, 2.75) is 116 Å². The standard InChI is InChI=1S/C31H55FN4O6S/c1-9-11-19-43-25-20-27(39)35(31(25)41)17-14-12-13-15-26(38)34(7)30(22(3)4)36(32)21-28(40)33(6)29(23(5)10-2)24(42-8)16-18-37/h18,22-25,29-30H,9-17,19-21H2,1-8H3. The Hall–Kier alpha value is -2.05. The van der Waals surface area contributed by atoms with Crippen molar-refractivity contribution in [2.24, 2.45) is 11.8 Å². The van der Waals surface area contributed by atoms with Crippen molar-refractivity contribution in [3.63, 3.8) is 0 Å². The molecule has 248 valence electrons. The number of carbonyl (C=O) groups excluding carboxylic acids is 5. The maximum atomic E-state index is 15.6. The average molecular weight is 631 g/mol. The topological polar surface area (TPSA) is 108 Å². The number of carbonyl (C=O) groups is 5. The second-order valence-electron chi connectivity index (χ2n) is 11.9. The molecule has 12 heteroatoms. The first-order valence-corrected chi connectivity index (χ1v) is 16.8. The minimum absolute atomic E-state index is 0.0184. The number of likely N-dealkylation sites (N-methyl/N-ethyl adjacent to an activating group) is 1. The van der Waals surface area contributed by atoms with Crippen LogP contribution >= 0.6 is 11.8 Å². The van der Waals surface area contributed by atoms with Crippen molar-refractivity contribution in [1.82, 2.24) is 19.8 Å². The number of aldehydes is 1. The van der Waals surface area contributed by atoms with Gasteiger partial charge in [-0.2, -0.15) is 0 Å². The van der Waals surface area contributed by atoms with Crippen LogP contribution < -0.4 is 0 Å². The number of likely N-dealkylation sites (tertiary alicyclic amines) is 1. The second kappa shape index (κ2) is 20.1. The van der Waals surface area contributed by atoms with E-state index in [-0.39, 0.29) is 54.1 Å². The van der Waals surface area contributed by atoms with Crippen LogP contribution in [0.1, 0.15) is 92.4 Å². The summed E-state index contributed by atoms with van der Waals surface area (Å²) >= 11 is 1.56. The number of imide groups is 1. The molecule has 0 aromatic rings. The van der Waals surface area contributed by atoms with Gasteiger partial charge in [-0.1, -0.05) is 53.9 Å². The normalized spacial score (nSPS) is 18.2. The lowest BCUT2D eigenvalue weighted by Crippen LogP contribution is -2.54. The van der Waals surface area contributed by atoms with Crippen LogP contribution in [0, 0.1) is 11.8 Å². The zero-order valence-corrected chi connectivity index (χ0v) is 28.4. The Morgan fingerprint density at radius 2 is 1.74 bits per heavy atom. The maximum Gasteiger partial charge on any atom is 0.242 e. The van der Waals surface area contributed by atoms with E-state index in [4.69, 9.17) is 4.74 Å². The van der Waals surface area contributed by atoms with Crippen molar-refractivity contribution in [2.75, 3.05) is 40.0 Å². The molecule has 1 aliphatic rings. The molecule has 5 atom stereocenters. The number of ether oxygens (including phenoxy) is 1. The Kier molecular flexibility index (Phi) is 18.2. The number of hydrogen-bond acceptors (Lipinski definition) is 8. The fraction of sp³-hybridized carbons (Fsp3) is 0.839. The zero-order chi connectivity index (χ0) is 32.7. The molecule has 0 spiro atoms. The van der Waals surface area contributed by atoms with Gasteiger partial charge in [0.1, 0.15) is 19.0 Å². The minimum Gasteiger partial charge on any atom is -0.379 e. The highest BCUT2D eigenvalue weighted by Crippen LogP contribution is 2.27. The molecule has 0 aliphatic carbocycles. The molecule has 5 unspecified atom stereocenters. The second-order valence-corrected chi connectivity index (χ2v) is 13.2. The first-order chi connectivity index (χ1) is 20.4. The van der Waals surface area contributed by atoms with Crippen LogP contribution in [-0.4, -0.2) is 113 Å². The number of hydrogen-bond donors (Lipinski definition) is 0. The summed E-state index contributed by atoms with van der Waals surface area (Å²) in [7, 11) is 4.63. The number of amides is 4. The van der Waals surface area contributed by atoms with Crippen molar-refractivity contribution in [1.29, 1.82) is 0 Å². The van der Waals surface area contributed by atoms with Gasteiger partial charge in [0.05, 0.1) is 17.4 Å². The highest BCUT2D eigenvalue weighted by molar-refractivity contribution is 8.00. The van der Waals surface area contributed by atoms with Crippen LogP contribution in [0.2, 0.25) is 0 Å². The van der Waals surface area contributed by atoms with Gasteiger partial charge in [0.15, 0.2) is 0 Å². The quantitative estimate of drug-likeness (QED) is 0.0573. The van der Waals surface area contributed by atoms with Crippen LogP contribution in [0.25, 0.3) is 0 Å². The van der Waals surface area contributed by atoms with Gasteiger partial charge in [-0.25, -0.2) is 0 Å². The van der Waals surface area contributed by atoms with E-state index in [2.05, 4.69) is 6.92 Å². The number of methoxy groups -OCH3 is 1. The molecule has 4 amide bonds. The van der Waals surface area contributed by atoms with Crippen LogP contribution in [-0.2, 0) is 28.7 Å². The van der Waals surface area contributed by atoms with Gasteiger partial charge in [-0.3, -0.25) is 24.1 Å². The van der Waals surface area contributed by atoms with Crippen LogP contribution in [0.15, 0.2) is 0 Å². The number of nitrogens with zero attached hydrogens (tertiary/aromatic N) is 4. The molecule has 1 fully saturated rings. The summed E-state index contributed by atoms with van der Waals surface area (Å²) in [5, 5.41) is 0.132. The van der Waals surface area contributed by atoms with Gasteiger partial charge in [-0.15, -0.1) is 21.4 Å². The molecule has 1 heterocycles. The van der Waals surface area contributed by atoms with Crippen molar-refractivity contribution in [3.8, 4) is 0 Å². The van der Waals surface area contributed by atoms with E-state index in [1.807, 2.05) is 13.8 Å². The molecule has 0 N–H and O–H groups in total. The van der Waals surface area contributed by atoms with Gasteiger partial charge in [0, 0.05) is 47.0 Å². The Balaban J connectivity index is 2.67. The molecule has 0 aromatic heterocycles. The van der Waals surface area contributed by atoms with E-state index in [1.54, 1.807) is 39.7 Å². The van der Waals surface area contributed by atoms with Crippen LogP contribution in [0.5, 0.6) is 0 Å². The molecule has 0 saturated carbocycles. The van der Waals surface area contributed by atoms with Gasteiger partial charge in [0.25, 0.3) is 0 Å². The van der Waals surface area contributed by atoms with E-state index < -0.39 is 30.8 Å². The van der Waals surface area contributed by atoms with Gasteiger partial charge >= 0.3 is 0 Å². The highest BCUT2D eigenvalue weighted by atomic mass is 32.2. The fourth-order valence-corrected chi connectivity index (χ4v) is 6.87. The molecule has 43 heavy (non-hydrogen) atoms. The molecule has 1 saturated heterocycles. The number of rotatable bonds is 22. The monoisotopic (exact) mass is 630 g/mol.